The fourth-order valence-corrected chi connectivity index (χ4v) is 1.97. The SMILES string of the molecule is CCn1cc(N2CC(CN=[N+]=[N-])CC2=O)cn1. The zero-order valence-electron chi connectivity index (χ0n) is 9.65. The first-order chi connectivity index (χ1) is 8.24. The standard InChI is InChI=1S/C10H14N6O/c1-2-15-7-9(5-13-15)16-6-8(3-10(16)17)4-12-14-11/h5,7-8H,2-4,6H2,1H3. The van der Waals surface area contributed by atoms with E-state index in [0.717, 1.165) is 12.2 Å². The molecular weight excluding hydrogens is 220 g/mol. The highest BCUT2D eigenvalue weighted by Gasteiger charge is 2.30. The van der Waals surface area contributed by atoms with Gasteiger partial charge in [-0.15, -0.1) is 0 Å². The van der Waals surface area contributed by atoms with Gasteiger partial charge in [0, 0.05) is 37.2 Å². The molecule has 0 spiro atoms. The second-order valence-electron chi connectivity index (χ2n) is 4.04. The summed E-state index contributed by atoms with van der Waals surface area (Å²) in [7, 11) is 0. The van der Waals surface area contributed by atoms with Crippen molar-refractivity contribution in [2.75, 3.05) is 18.0 Å². The average molecular weight is 234 g/mol. The van der Waals surface area contributed by atoms with Crippen molar-refractivity contribution in [3.8, 4) is 0 Å². The third-order valence-electron chi connectivity index (χ3n) is 2.86. The van der Waals surface area contributed by atoms with Crippen LogP contribution in [0, 0.1) is 5.92 Å². The number of hydrogen-bond acceptors (Lipinski definition) is 3. The van der Waals surface area contributed by atoms with Gasteiger partial charge in [0.25, 0.3) is 0 Å². The van der Waals surface area contributed by atoms with E-state index in [1.54, 1.807) is 15.8 Å². The molecule has 2 heterocycles. The van der Waals surface area contributed by atoms with E-state index in [1.807, 2.05) is 13.1 Å². The predicted molar refractivity (Wildman–Crippen MR) is 62.4 cm³/mol. The van der Waals surface area contributed by atoms with E-state index in [-0.39, 0.29) is 11.8 Å². The Morgan fingerprint density at radius 1 is 1.71 bits per heavy atom. The molecule has 1 fully saturated rings. The van der Waals surface area contributed by atoms with Crippen molar-refractivity contribution in [2.45, 2.75) is 19.9 Å². The molecule has 7 heteroatoms. The molecule has 1 atom stereocenters. The van der Waals surface area contributed by atoms with E-state index < -0.39 is 0 Å². The lowest BCUT2D eigenvalue weighted by molar-refractivity contribution is -0.117. The predicted octanol–water partition coefficient (Wildman–Crippen LogP) is 1.57. The minimum absolute atomic E-state index is 0.0683. The van der Waals surface area contributed by atoms with Crippen LogP contribution in [-0.4, -0.2) is 28.8 Å². The smallest absolute Gasteiger partial charge is 0.227 e. The highest BCUT2D eigenvalue weighted by Crippen LogP contribution is 2.24. The first-order valence-electron chi connectivity index (χ1n) is 5.58. The van der Waals surface area contributed by atoms with Gasteiger partial charge in [0.2, 0.25) is 5.91 Å². The molecule has 0 saturated carbocycles. The molecule has 1 aliphatic rings. The Morgan fingerprint density at radius 3 is 3.18 bits per heavy atom. The van der Waals surface area contributed by atoms with Crippen LogP contribution in [0.1, 0.15) is 13.3 Å². The van der Waals surface area contributed by atoms with Gasteiger partial charge in [-0.3, -0.25) is 9.48 Å². The van der Waals surface area contributed by atoms with E-state index in [1.165, 1.54) is 0 Å². The van der Waals surface area contributed by atoms with Crippen molar-refractivity contribution in [3.63, 3.8) is 0 Å². The molecule has 0 radical (unpaired) electrons. The monoisotopic (exact) mass is 234 g/mol. The summed E-state index contributed by atoms with van der Waals surface area (Å²) >= 11 is 0. The lowest BCUT2D eigenvalue weighted by Gasteiger charge is -2.13. The zero-order valence-corrected chi connectivity index (χ0v) is 9.65. The number of rotatable bonds is 4. The summed E-state index contributed by atoms with van der Waals surface area (Å²) in [6, 6.07) is 0. The molecule has 1 saturated heterocycles. The number of nitrogens with zero attached hydrogens (tertiary/aromatic N) is 6. The molecule has 1 amide bonds. The zero-order chi connectivity index (χ0) is 12.3. The van der Waals surface area contributed by atoms with Crippen LogP contribution in [0.4, 0.5) is 5.69 Å². The molecule has 0 aliphatic carbocycles. The summed E-state index contributed by atoms with van der Waals surface area (Å²) in [4.78, 5) is 16.2. The Hall–Kier alpha value is -2.01. The van der Waals surface area contributed by atoms with Gasteiger partial charge in [-0.2, -0.15) is 5.10 Å². The Bertz CT molecular complexity index is 461. The van der Waals surface area contributed by atoms with Gasteiger partial charge in [-0.25, -0.2) is 0 Å². The van der Waals surface area contributed by atoms with Crippen molar-refractivity contribution in [1.82, 2.24) is 9.78 Å². The first-order valence-corrected chi connectivity index (χ1v) is 5.58. The molecule has 0 aromatic carbocycles. The second-order valence-corrected chi connectivity index (χ2v) is 4.04. The average Bonchev–Trinajstić information content (AvgIpc) is 2.92. The second kappa shape index (κ2) is 4.88. The van der Waals surface area contributed by atoms with Crippen molar-refractivity contribution in [2.24, 2.45) is 11.0 Å². The molecule has 17 heavy (non-hydrogen) atoms. The van der Waals surface area contributed by atoms with Crippen LogP contribution in [-0.2, 0) is 11.3 Å². The number of carbonyl (C=O) groups excluding carboxylic acids is 1. The minimum atomic E-state index is 0.0683. The van der Waals surface area contributed by atoms with Gasteiger partial charge in [0.1, 0.15) is 0 Å². The van der Waals surface area contributed by atoms with Crippen molar-refractivity contribution in [3.05, 3.63) is 22.8 Å². The van der Waals surface area contributed by atoms with Crippen molar-refractivity contribution < 1.29 is 4.79 Å². The number of amides is 1. The topological polar surface area (TPSA) is 86.9 Å². The fraction of sp³-hybridized carbons (Fsp3) is 0.600. The molecule has 1 aliphatic heterocycles. The minimum Gasteiger partial charge on any atom is -0.309 e. The van der Waals surface area contributed by atoms with E-state index in [0.29, 0.717) is 19.5 Å². The quantitative estimate of drug-likeness (QED) is 0.449. The normalized spacial score (nSPS) is 19.5. The van der Waals surface area contributed by atoms with Gasteiger partial charge in [-0.05, 0) is 18.4 Å². The summed E-state index contributed by atoms with van der Waals surface area (Å²) in [5, 5.41) is 7.66. The number of azide groups is 1. The van der Waals surface area contributed by atoms with E-state index in [4.69, 9.17) is 5.53 Å². The molecule has 1 aromatic heterocycles. The molecular formula is C10H14N6O. The van der Waals surface area contributed by atoms with Gasteiger partial charge in [0.15, 0.2) is 0 Å². The van der Waals surface area contributed by atoms with Crippen LogP contribution in [0.3, 0.4) is 0 Å². The number of anilines is 1. The Labute approximate surface area is 98.6 Å². The number of hydrogen-bond donors (Lipinski definition) is 0. The third-order valence-corrected chi connectivity index (χ3v) is 2.86. The van der Waals surface area contributed by atoms with Gasteiger partial charge < -0.3 is 4.90 Å². The largest absolute Gasteiger partial charge is 0.309 e. The molecule has 0 N–H and O–H groups in total. The molecule has 2 rings (SSSR count). The Kier molecular flexibility index (Phi) is 3.30. The van der Waals surface area contributed by atoms with Crippen LogP contribution in [0.15, 0.2) is 17.5 Å². The van der Waals surface area contributed by atoms with E-state index in [9.17, 15) is 4.79 Å². The van der Waals surface area contributed by atoms with Gasteiger partial charge in [0.05, 0.1) is 11.9 Å². The first kappa shape index (κ1) is 11.5. The van der Waals surface area contributed by atoms with E-state index in [2.05, 4.69) is 15.1 Å². The van der Waals surface area contributed by atoms with Crippen LogP contribution < -0.4 is 4.90 Å². The summed E-state index contributed by atoms with van der Waals surface area (Å²) < 4.78 is 1.78. The maximum Gasteiger partial charge on any atom is 0.227 e. The molecule has 90 valence electrons. The number of aromatic nitrogens is 2. The van der Waals surface area contributed by atoms with Gasteiger partial charge >= 0.3 is 0 Å². The Balaban J connectivity index is 2.07. The molecule has 1 unspecified atom stereocenters. The maximum absolute atomic E-state index is 11.8. The molecule has 7 nitrogen and oxygen atoms in total. The molecule has 1 aromatic rings. The summed E-state index contributed by atoms with van der Waals surface area (Å²) in [6.45, 7) is 3.76. The van der Waals surface area contributed by atoms with E-state index >= 15 is 0 Å². The number of carbonyl (C=O) groups is 1. The Morgan fingerprint density at radius 2 is 2.53 bits per heavy atom. The lowest BCUT2D eigenvalue weighted by atomic mass is 10.1. The van der Waals surface area contributed by atoms with Crippen LogP contribution in [0.5, 0.6) is 0 Å². The van der Waals surface area contributed by atoms with Gasteiger partial charge in [-0.1, -0.05) is 5.11 Å². The number of aryl methyl sites for hydroxylation is 1. The molecule has 0 bridgehead atoms. The van der Waals surface area contributed by atoms with Crippen molar-refractivity contribution in [1.29, 1.82) is 0 Å². The summed E-state index contributed by atoms with van der Waals surface area (Å²) in [5.41, 5.74) is 9.08. The maximum atomic E-state index is 11.8. The van der Waals surface area contributed by atoms with Crippen LogP contribution in [0.2, 0.25) is 0 Å². The summed E-state index contributed by atoms with van der Waals surface area (Å²) in [5.74, 6) is 0.183. The summed E-state index contributed by atoms with van der Waals surface area (Å²) in [6.07, 6.45) is 3.99. The third kappa shape index (κ3) is 2.39. The highest BCUT2D eigenvalue weighted by molar-refractivity contribution is 5.95. The fourth-order valence-electron chi connectivity index (χ4n) is 1.97. The van der Waals surface area contributed by atoms with Crippen molar-refractivity contribution >= 4 is 11.6 Å². The highest BCUT2D eigenvalue weighted by atomic mass is 16.2. The van der Waals surface area contributed by atoms with Crippen LogP contribution >= 0.6 is 0 Å². The lowest BCUT2D eigenvalue weighted by Crippen LogP contribution is -2.24. The van der Waals surface area contributed by atoms with Crippen LogP contribution in [0.25, 0.3) is 10.4 Å².